The van der Waals surface area contributed by atoms with Gasteiger partial charge in [0.1, 0.15) is 6.42 Å². The van der Waals surface area contributed by atoms with E-state index in [-0.39, 0.29) is 24.8 Å². The molecule has 2 amide bonds. The van der Waals surface area contributed by atoms with Crippen LogP contribution in [0.1, 0.15) is 18.4 Å². The molecule has 22 heavy (non-hydrogen) atoms. The van der Waals surface area contributed by atoms with Crippen molar-refractivity contribution in [3.63, 3.8) is 0 Å². The molecule has 0 aromatic heterocycles. The predicted octanol–water partition coefficient (Wildman–Crippen LogP) is 2.10. The summed E-state index contributed by atoms with van der Waals surface area (Å²) in [6.07, 6.45) is -5.74. The summed E-state index contributed by atoms with van der Waals surface area (Å²) in [5.41, 5.74) is 0.998. The number of halogens is 3. The predicted molar refractivity (Wildman–Crippen MR) is 73.6 cm³/mol. The van der Waals surface area contributed by atoms with Crippen molar-refractivity contribution in [1.29, 1.82) is 0 Å². The van der Waals surface area contributed by atoms with Crippen LogP contribution in [0.5, 0.6) is 0 Å². The summed E-state index contributed by atoms with van der Waals surface area (Å²) in [6.45, 7) is 1.01. The number of nitrogens with one attached hydrogen (secondary N) is 1. The molecular formula is C15H17F3N2O2. The molecule has 7 heteroatoms. The molecule has 0 unspecified atom stereocenters. The summed E-state index contributed by atoms with van der Waals surface area (Å²) < 4.78 is 36.1. The number of amides is 2. The van der Waals surface area contributed by atoms with Crippen molar-refractivity contribution in [2.45, 2.75) is 25.6 Å². The number of carbonyl (C=O) groups excluding carboxylic acids is 2. The summed E-state index contributed by atoms with van der Waals surface area (Å²) in [4.78, 5) is 24.7. The van der Waals surface area contributed by atoms with Crippen LogP contribution in [0.15, 0.2) is 30.3 Å². The van der Waals surface area contributed by atoms with Gasteiger partial charge >= 0.3 is 6.18 Å². The minimum absolute atomic E-state index is 0.0427. The monoisotopic (exact) mass is 314 g/mol. The van der Waals surface area contributed by atoms with Crippen molar-refractivity contribution in [3.05, 3.63) is 35.9 Å². The van der Waals surface area contributed by atoms with E-state index >= 15 is 0 Å². The molecule has 0 bridgehead atoms. The van der Waals surface area contributed by atoms with Gasteiger partial charge in [0.2, 0.25) is 11.8 Å². The Morgan fingerprint density at radius 3 is 2.59 bits per heavy atom. The second-order valence-corrected chi connectivity index (χ2v) is 5.43. The van der Waals surface area contributed by atoms with Crippen LogP contribution in [-0.2, 0) is 16.1 Å². The highest BCUT2D eigenvalue weighted by molar-refractivity contribution is 5.79. The van der Waals surface area contributed by atoms with Crippen molar-refractivity contribution >= 4 is 11.8 Å². The van der Waals surface area contributed by atoms with Crippen LogP contribution in [0, 0.1) is 5.92 Å². The van der Waals surface area contributed by atoms with E-state index in [1.807, 2.05) is 30.3 Å². The molecule has 0 aliphatic carbocycles. The highest BCUT2D eigenvalue weighted by atomic mass is 19.4. The molecule has 0 saturated carbocycles. The van der Waals surface area contributed by atoms with Crippen LogP contribution < -0.4 is 5.32 Å². The number of likely N-dealkylation sites (tertiary alicyclic amines) is 1. The molecule has 1 aromatic carbocycles. The van der Waals surface area contributed by atoms with Crippen LogP contribution in [-0.4, -0.2) is 36.0 Å². The Labute approximate surface area is 126 Å². The van der Waals surface area contributed by atoms with E-state index in [4.69, 9.17) is 0 Å². The lowest BCUT2D eigenvalue weighted by Gasteiger charge is -2.17. The average molecular weight is 314 g/mol. The SMILES string of the molecule is O=C(CC(F)(F)F)NC[C@H]1CC(=O)N(Cc2ccccc2)C1. The van der Waals surface area contributed by atoms with Gasteiger partial charge in [-0.1, -0.05) is 30.3 Å². The highest BCUT2D eigenvalue weighted by Gasteiger charge is 2.33. The summed E-state index contributed by atoms with van der Waals surface area (Å²) in [6, 6.07) is 9.46. The molecular weight excluding hydrogens is 297 g/mol. The third-order valence-electron chi connectivity index (χ3n) is 3.46. The van der Waals surface area contributed by atoms with Crippen molar-refractivity contribution in [1.82, 2.24) is 10.2 Å². The van der Waals surface area contributed by atoms with E-state index in [1.165, 1.54) is 0 Å². The van der Waals surface area contributed by atoms with Gasteiger partial charge in [-0.2, -0.15) is 13.2 Å². The van der Waals surface area contributed by atoms with Gasteiger partial charge in [-0.3, -0.25) is 9.59 Å². The summed E-state index contributed by atoms with van der Waals surface area (Å²) >= 11 is 0. The van der Waals surface area contributed by atoms with Gasteiger partial charge in [-0.05, 0) is 5.56 Å². The number of benzene rings is 1. The average Bonchev–Trinajstić information content (AvgIpc) is 2.76. The van der Waals surface area contributed by atoms with Crippen molar-refractivity contribution in [3.8, 4) is 0 Å². The first-order valence-electron chi connectivity index (χ1n) is 6.98. The number of carbonyl (C=O) groups is 2. The second kappa shape index (κ2) is 6.81. The molecule has 0 radical (unpaired) electrons. The second-order valence-electron chi connectivity index (χ2n) is 5.43. The van der Waals surface area contributed by atoms with Crippen molar-refractivity contribution < 1.29 is 22.8 Å². The van der Waals surface area contributed by atoms with Crippen LogP contribution >= 0.6 is 0 Å². The fourth-order valence-electron chi connectivity index (χ4n) is 2.45. The number of hydrogen-bond acceptors (Lipinski definition) is 2. The Hall–Kier alpha value is -2.05. The van der Waals surface area contributed by atoms with Gasteiger partial charge in [0.05, 0.1) is 0 Å². The lowest BCUT2D eigenvalue weighted by Crippen LogP contribution is -2.33. The number of nitrogens with zero attached hydrogens (tertiary/aromatic N) is 1. The first-order chi connectivity index (χ1) is 10.3. The molecule has 1 atom stereocenters. The molecule has 2 rings (SSSR count). The minimum Gasteiger partial charge on any atom is -0.355 e. The van der Waals surface area contributed by atoms with Gasteiger partial charge < -0.3 is 10.2 Å². The third kappa shape index (κ3) is 5.05. The summed E-state index contributed by atoms with van der Waals surface area (Å²) in [7, 11) is 0. The zero-order chi connectivity index (χ0) is 16.2. The third-order valence-corrected chi connectivity index (χ3v) is 3.46. The Kier molecular flexibility index (Phi) is 5.05. The Morgan fingerprint density at radius 2 is 1.95 bits per heavy atom. The standard InChI is InChI=1S/C15H17F3N2O2/c16-15(17,18)7-13(21)19-8-12-6-14(22)20(10-12)9-11-4-2-1-3-5-11/h1-5,12H,6-10H2,(H,19,21)/t12-/m1/s1. The van der Waals surface area contributed by atoms with Gasteiger partial charge in [0.15, 0.2) is 0 Å². The Bertz CT molecular complexity index is 531. The lowest BCUT2D eigenvalue weighted by molar-refractivity contribution is -0.153. The molecule has 1 aromatic rings. The van der Waals surface area contributed by atoms with Crippen LogP contribution in [0.25, 0.3) is 0 Å². The van der Waals surface area contributed by atoms with Crippen LogP contribution in [0.4, 0.5) is 13.2 Å². The number of alkyl halides is 3. The zero-order valence-corrected chi connectivity index (χ0v) is 11.9. The molecule has 120 valence electrons. The maximum atomic E-state index is 12.0. The quantitative estimate of drug-likeness (QED) is 0.905. The van der Waals surface area contributed by atoms with E-state index in [0.29, 0.717) is 13.1 Å². The maximum absolute atomic E-state index is 12.0. The number of rotatable bonds is 5. The first kappa shape index (κ1) is 16.3. The fourth-order valence-corrected chi connectivity index (χ4v) is 2.45. The van der Waals surface area contributed by atoms with Crippen LogP contribution in [0.2, 0.25) is 0 Å². The van der Waals surface area contributed by atoms with Crippen LogP contribution in [0.3, 0.4) is 0 Å². The maximum Gasteiger partial charge on any atom is 0.397 e. The normalized spacial score (nSPS) is 18.6. The molecule has 1 heterocycles. The Morgan fingerprint density at radius 1 is 1.27 bits per heavy atom. The Balaban J connectivity index is 1.79. The molecule has 1 aliphatic heterocycles. The molecule has 1 aliphatic rings. The highest BCUT2D eigenvalue weighted by Crippen LogP contribution is 2.21. The van der Waals surface area contributed by atoms with E-state index in [2.05, 4.69) is 5.32 Å². The summed E-state index contributed by atoms with van der Waals surface area (Å²) in [5, 5.41) is 2.25. The van der Waals surface area contributed by atoms with Crippen molar-refractivity contribution in [2.24, 2.45) is 5.92 Å². The van der Waals surface area contributed by atoms with E-state index in [9.17, 15) is 22.8 Å². The smallest absolute Gasteiger partial charge is 0.355 e. The first-order valence-corrected chi connectivity index (χ1v) is 6.98. The molecule has 0 spiro atoms. The lowest BCUT2D eigenvalue weighted by atomic mass is 10.1. The molecule has 4 nitrogen and oxygen atoms in total. The largest absolute Gasteiger partial charge is 0.397 e. The number of hydrogen-bond donors (Lipinski definition) is 1. The molecule has 1 N–H and O–H groups in total. The van der Waals surface area contributed by atoms with E-state index in [1.54, 1.807) is 4.90 Å². The van der Waals surface area contributed by atoms with Crippen molar-refractivity contribution in [2.75, 3.05) is 13.1 Å². The molecule has 1 saturated heterocycles. The molecule has 1 fully saturated rings. The fraction of sp³-hybridized carbons (Fsp3) is 0.467. The topological polar surface area (TPSA) is 49.4 Å². The zero-order valence-electron chi connectivity index (χ0n) is 11.9. The van der Waals surface area contributed by atoms with Gasteiger partial charge in [-0.15, -0.1) is 0 Å². The van der Waals surface area contributed by atoms with Gasteiger partial charge in [-0.25, -0.2) is 0 Å². The van der Waals surface area contributed by atoms with Gasteiger partial charge in [0, 0.05) is 32.0 Å². The van der Waals surface area contributed by atoms with Gasteiger partial charge in [0.25, 0.3) is 0 Å². The summed E-state index contributed by atoms with van der Waals surface area (Å²) in [5.74, 6) is -1.24. The van der Waals surface area contributed by atoms with E-state index in [0.717, 1.165) is 5.56 Å². The van der Waals surface area contributed by atoms with E-state index < -0.39 is 18.5 Å². The minimum atomic E-state index is -4.51.